The van der Waals surface area contributed by atoms with Crippen LogP contribution in [0.2, 0.25) is 0 Å². The van der Waals surface area contributed by atoms with Crippen molar-refractivity contribution in [1.82, 2.24) is 4.90 Å². The lowest BCUT2D eigenvalue weighted by molar-refractivity contribution is -0.137. The van der Waals surface area contributed by atoms with Crippen molar-refractivity contribution in [2.75, 3.05) is 6.54 Å². The molecule has 1 N–H and O–H groups in total. The molecule has 0 bridgehead atoms. The zero-order chi connectivity index (χ0) is 27.1. The van der Waals surface area contributed by atoms with E-state index < -0.39 is 17.7 Å². The normalized spacial score (nSPS) is 11.2. The van der Waals surface area contributed by atoms with E-state index in [9.17, 15) is 27.9 Å². The second-order valence-corrected chi connectivity index (χ2v) is 8.94. The van der Waals surface area contributed by atoms with Crippen LogP contribution in [-0.4, -0.2) is 28.4 Å². The number of hydrogen-bond donors (Lipinski definition) is 1. The van der Waals surface area contributed by atoms with Crippen molar-refractivity contribution >= 4 is 11.9 Å². The zero-order valence-corrected chi connectivity index (χ0v) is 20.5. The Morgan fingerprint density at radius 3 is 2.00 bits per heavy atom. The molecule has 0 aliphatic rings. The van der Waals surface area contributed by atoms with Crippen LogP contribution in [0.3, 0.4) is 0 Å². The molecule has 0 spiro atoms. The summed E-state index contributed by atoms with van der Waals surface area (Å²) in [6.45, 7) is 0.674. The first kappa shape index (κ1) is 26.7. The number of amides is 1. The Kier molecular flexibility index (Phi) is 8.26. The van der Waals surface area contributed by atoms with Crippen LogP contribution in [0.25, 0.3) is 11.1 Å². The van der Waals surface area contributed by atoms with E-state index in [1.54, 1.807) is 29.2 Å². The van der Waals surface area contributed by atoms with E-state index in [1.165, 1.54) is 12.1 Å². The van der Waals surface area contributed by atoms with Crippen LogP contribution < -0.4 is 0 Å². The van der Waals surface area contributed by atoms with Crippen LogP contribution in [0, 0.1) is 0 Å². The molecule has 194 valence electrons. The minimum atomic E-state index is -4.47. The van der Waals surface area contributed by atoms with Crippen molar-refractivity contribution in [1.29, 1.82) is 0 Å². The summed E-state index contributed by atoms with van der Waals surface area (Å²) in [4.78, 5) is 26.6. The van der Waals surface area contributed by atoms with Gasteiger partial charge in [-0.15, -0.1) is 0 Å². The van der Waals surface area contributed by atoms with Gasteiger partial charge in [-0.2, -0.15) is 13.2 Å². The monoisotopic (exact) mass is 517 g/mol. The molecule has 0 aliphatic carbocycles. The molecule has 0 saturated heterocycles. The standard InChI is InChI=1S/C31H26F3NO3/c32-31(33,34)26-18-16-25(17-19-26)29(36)35(20-6-9-22-7-2-1-3-8-22)21-23-12-14-24(15-13-23)27-10-4-5-11-28(27)30(37)38/h1-5,7-8,10-19H,6,9,20-21H2,(H,37,38). The minimum Gasteiger partial charge on any atom is -0.478 e. The third-order valence-corrected chi connectivity index (χ3v) is 6.28. The van der Waals surface area contributed by atoms with Gasteiger partial charge in [-0.05, 0) is 65.4 Å². The molecule has 0 saturated carbocycles. The summed E-state index contributed by atoms with van der Waals surface area (Å²) in [7, 11) is 0. The summed E-state index contributed by atoms with van der Waals surface area (Å²) in [5.74, 6) is -1.37. The van der Waals surface area contributed by atoms with Crippen molar-refractivity contribution < 1.29 is 27.9 Å². The van der Waals surface area contributed by atoms with E-state index in [4.69, 9.17) is 0 Å². The van der Waals surface area contributed by atoms with Gasteiger partial charge in [-0.1, -0.05) is 72.8 Å². The fraction of sp³-hybridized carbons (Fsp3) is 0.161. The summed E-state index contributed by atoms with van der Waals surface area (Å²) in [6.07, 6.45) is -3.04. The van der Waals surface area contributed by atoms with Gasteiger partial charge in [0.1, 0.15) is 0 Å². The molecule has 38 heavy (non-hydrogen) atoms. The average molecular weight is 518 g/mol. The molecule has 0 radical (unpaired) electrons. The molecule has 0 unspecified atom stereocenters. The smallest absolute Gasteiger partial charge is 0.416 e. The van der Waals surface area contributed by atoms with Gasteiger partial charge in [0.15, 0.2) is 0 Å². The van der Waals surface area contributed by atoms with Gasteiger partial charge in [-0.3, -0.25) is 4.79 Å². The first-order valence-corrected chi connectivity index (χ1v) is 12.1. The van der Waals surface area contributed by atoms with E-state index >= 15 is 0 Å². The highest BCUT2D eigenvalue weighted by molar-refractivity contribution is 5.96. The highest BCUT2D eigenvalue weighted by Gasteiger charge is 2.30. The maximum absolute atomic E-state index is 13.3. The number of rotatable bonds is 9. The molecule has 4 aromatic rings. The van der Waals surface area contributed by atoms with Gasteiger partial charge in [0, 0.05) is 18.7 Å². The fourth-order valence-corrected chi connectivity index (χ4v) is 4.29. The molecule has 7 heteroatoms. The predicted molar refractivity (Wildman–Crippen MR) is 140 cm³/mol. The second kappa shape index (κ2) is 11.8. The van der Waals surface area contributed by atoms with Crippen LogP contribution in [0.5, 0.6) is 0 Å². The largest absolute Gasteiger partial charge is 0.478 e. The van der Waals surface area contributed by atoms with Gasteiger partial charge in [-0.25, -0.2) is 4.79 Å². The van der Waals surface area contributed by atoms with Crippen molar-refractivity contribution in [2.24, 2.45) is 0 Å². The van der Waals surface area contributed by atoms with E-state index in [1.807, 2.05) is 54.6 Å². The Morgan fingerprint density at radius 2 is 1.37 bits per heavy atom. The first-order valence-electron chi connectivity index (χ1n) is 12.1. The van der Waals surface area contributed by atoms with Gasteiger partial charge in [0.05, 0.1) is 11.1 Å². The lowest BCUT2D eigenvalue weighted by atomic mass is 9.98. The molecule has 0 aromatic heterocycles. The molecular weight excluding hydrogens is 491 g/mol. The summed E-state index contributed by atoms with van der Waals surface area (Å²) in [5.41, 5.74) is 2.85. The fourth-order valence-electron chi connectivity index (χ4n) is 4.29. The number of carbonyl (C=O) groups excluding carboxylic acids is 1. The molecule has 4 rings (SSSR count). The molecule has 0 fully saturated rings. The first-order chi connectivity index (χ1) is 18.2. The Labute approximate surface area is 219 Å². The van der Waals surface area contributed by atoms with Crippen molar-refractivity contribution in [3.8, 4) is 11.1 Å². The van der Waals surface area contributed by atoms with Crippen LogP contribution in [0.1, 0.15) is 43.8 Å². The number of benzene rings is 4. The Morgan fingerprint density at radius 1 is 0.737 bits per heavy atom. The lowest BCUT2D eigenvalue weighted by Crippen LogP contribution is -2.32. The number of aromatic carboxylic acids is 1. The Balaban J connectivity index is 1.54. The number of alkyl halides is 3. The Hall–Kier alpha value is -4.39. The number of carboxylic acids is 1. The molecule has 4 nitrogen and oxygen atoms in total. The summed E-state index contributed by atoms with van der Waals surface area (Å²) in [6, 6.07) is 28.1. The SMILES string of the molecule is O=C(O)c1ccccc1-c1ccc(CN(CCCc2ccccc2)C(=O)c2ccc(C(F)(F)F)cc2)cc1. The minimum absolute atomic E-state index is 0.185. The number of hydrogen-bond acceptors (Lipinski definition) is 2. The maximum atomic E-state index is 13.3. The number of aryl methyl sites for hydroxylation is 1. The molecule has 0 aliphatic heterocycles. The highest BCUT2D eigenvalue weighted by atomic mass is 19.4. The van der Waals surface area contributed by atoms with E-state index in [-0.39, 0.29) is 23.6 Å². The quantitative estimate of drug-likeness (QED) is 0.253. The van der Waals surface area contributed by atoms with Crippen LogP contribution in [-0.2, 0) is 19.1 Å². The number of nitrogens with zero attached hydrogens (tertiary/aromatic N) is 1. The van der Waals surface area contributed by atoms with Gasteiger partial charge >= 0.3 is 12.1 Å². The molecule has 0 heterocycles. The topological polar surface area (TPSA) is 57.6 Å². The van der Waals surface area contributed by atoms with Gasteiger partial charge in [0.25, 0.3) is 5.91 Å². The number of carbonyl (C=O) groups is 2. The van der Waals surface area contributed by atoms with Gasteiger partial charge < -0.3 is 10.0 Å². The summed E-state index contributed by atoms with van der Waals surface area (Å²) < 4.78 is 39.0. The van der Waals surface area contributed by atoms with Crippen LogP contribution in [0.15, 0.2) is 103 Å². The highest BCUT2D eigenvalue weighted by Crippen LogP contribution is 2.29. The van der Waals surface area contributed by atoms with Crippen LogP contribution in [0.4, 0.5) is 13.2 Å². The van der Waals surface area contributed by atoms with E-state index in [0.717, 1.165) is 35.2 Å². The van der Waals surface area contributed by atoms with Crippen molar-refractivity contribution in [3.63, 3.8) is 0 Å². The van der Waals surface area contributed by atoms with E-state index in [2.05, 4.69) is 0 Å². The third-order valence-electron chi connectivity index (χ3n) is 6.28. The third kappa shape index (κ3) is 6.68. The second-order valence-electron chi connectivity index (χ2n) is 8.94. The Bertz CT molecular complexity index is 1380. The number of carboxylic acid groups (broad SMARTS) is 1. The number of halogens is 3. The molecular formula is C31H26F3NO3. The lowest BCUT2D eigenvalue weighted by Gasteiger charge is -2.23. The maximum Gasteiger partial charge on any atom is 0.416 e. The van der Waals surface area contributed by atoms with Crippen molar-refractivity contribution in [3.05, 3.63) is 131 Å². The molecule has 1 amide bonds. The molecule has 0 atom stereocenters. The predicted octanol–water partition coefficient (Wildman–Crippen LogP) is 7.35. The average Bonchev–Trinajstić information content (AvgIpc) is 2.92. The van der Waals surface area contributed by atoms with Crippen LogP contribution >= 0.6 is 0 Å². The van der Waals surface area contributed by atoms with Crippen molar-refractivity contribution in [2.45, 2.75) is 25.6 Å². The van der Waals surface area contributed by atoms with Gasteiger partial charge in [0.2, 0.25) is 0 Å². The van der Waals surface area contributed by atoms with E-state index in [0.29, 0.717) is 18.5 Å². The summed E-state index contributed by atoms with van der Waals surface area (Å²) in [5, 5.41) is 9.49. The molecule has 4 aromatic carbocycles. The summed E-state index contributed by atoms with van der Waals surface area (Å²) >= 11 is 0. The zero-order valence-electron chi connectivity index (χ0n) is 20.5.